The van der Waals surface area contributed by atoms with Gasteiger partial charge in [-0.05, 0) is 17.9 Å². The maximum atomic E-state index is 11.3. The normalized spacial score (nSPS) is 11.8. The molecule has 3 N–H and O–H groups in total. The van der Waals surface area contributed by atoms with Crippen LogP contribution in [0, 0.1) is 0 Å². The molecule has 1 rings (SSSR count). The molecule has 0 amide bonds. The van der Waals surface area contributed by atoms with Gasteiger partial charge in [-0.1, -0.05) is 6.07 Å². The van der Waals surface area contributed by atoms with Crippen molar-refractivity contribution in [2.45, 2.75) is 6.42 Å². The van der Waals surface area contributed by atoms with Crippen LogP contribution >= 0.6 is 11.3 Å². The molecule has 1 heterocycles. The van der Waals surface area contributed by atoms with Crippen LogP contribution in [-0.4, -0.2) is 27.3 Å². The molecule has 0 saturated heterocycles. The first-order valence-corrected chi connectivity index (χ1v) is 6.87. The van der Waals surface area contributed by atoms with Crippen LogP contribution in [0.5, 0.6) is 0 Å². The van der Waals surface area contributed by atoms with E-state index in [2.05, 4.69) is 4.72 Å². The molecular weight excluding hydrogens is 220 g/mol. The number of hydrogen-bond donors (Lipinski definition) is 2. The lowest BCUT2D eigenvalue weighted by atomic mass is 10.4. The summed E-state index contributed by atoms with van der Waals surface area (Å²) in [5, 5.41) is 1.94. The van der Waals surface area contributed by atoms with E-state index in [0.29, 0.717) is 19.5 Å². The zero-order chi connectivity index (χ0) is 10.4. The van der Waals surface area contributed by atoms with Gasteiger partial charge in [0.15, 0.2) is 0 Å². The molecule has 0 atom stereocenters. The highest BCUT2D eigenvalue weighted by Crippen LogP contribution is 2.09. The Kier molecular flexibility index (Phi) is 4.53. The number of aryl methyl sites for hydroxylation is 1. The van der Waals surface area contributed by atoms with Crippen LogP contribution in [0.15, 0.2) is 17.5 Å². The van der Waals surface area contributed by atoms with Crippen molar-refractivity contribution in [3.05, 3.63) is 22.4 Å². The summed E-state index contributed by atoms with van der Waals surface area (Å²) in [7, 11) is -3.14. The Labute approximate surface area is 88.2 Å². The van der Waals surface area contributed by atoms with Gasteiger partial charge in [0.05, 0.1) is 5.75 Å². The minimum absolute atomic E-state index is 0.132. The van der Waals surface area contributed by atoms with Crippen LogP contribution in [0.2, 0.25) is 0 Å². The lowest BCUT2D eigenvalue weighted by Gasteiger charge is -2.03. The zero-order valence-corrected chi connectivity index (χ0v) is 9.40. The average Bonchev–Trinajstić information content (AvgIpc) is 2.64. The molecule has 14 heavy (non-hydrogen) atoms. The van der Waals surface area contributed by atoms with Gasteiger partial charge in [-0.3, -0.25) is 0 Å². The summed E-state index contributed by atoms with van der Waals surface area (Å²) in [6, 6.07) is 3.85. The van der Waals surface area contributed by atoms with Gasteiger partial charge in [-0.15, -0.1) is 11.3 Å². The number of thiophene rings is 1. The number of nitrogens with one attached hydrogen (secondary N) is 1. The van der Waals surface area contributed by atoms with Crippen molar-refractivity contribution < 1.29 is 8.42 Å². The van der Waals surface area contributed by atoms with Gasteiger partial charge < -0.3 is 5.73 Å². The average molecular weight is 234 g/mol. The van der Waals surface area contributed by atoms with Crippen molar-refractivity contribution in [1.82, 2.24) is 4.72 Å². The minimum Gasteiger partial charge on any atom is -0.329 e. The first-order chi connectivity index (χ1) is 6.64. The molecule has 0 unspecified atom stereocenters. The van der Waals surface area contributed by atoms with E-state index in [1.165, 1.54) is 0 Å². The summed E-state index contributed by atoms with van der Waals surface area (Å²) in [5.41, 5.74) is 5.20. The van der Waals surface area contributed by atoms with E-state index in [4.69, 9.17) is 5.73 Å². The lowest BCUT2D eigenvalue weighted by molar-refractivity contribution is 0.581. The van der Waals surface area contributed by atoms with Crippen LogP contribution in [0.25, 0.3) is 0 Å². The molecule has 1 aromatic heterocycles. The van der Waals surface area contributed by atoms with Crippen LogP contribution in [0.3, 0.4) is 0 Å². The second kappa shape index (κ2) is 5.45. The smallest absolute Gasteiger partial charge is 0.211 e. The first kappa shape index (κ1) is 11.6. The molecule has 0 bridgehead atoms. The molecule has 0 aliphatic carbocycles. The quantitative estimate of drug-likeness (QED) is 0.737. The van der Waals surface area contributed by atoms with Crippen molar-refractivity contribution in [3.63, 3.8) is 0 Å². The summed E-state index contributed by atoms with van der Waals surface area (Å²) in [4.78, 5) is 1.09. The van der Waals surface area contributed by atoms with Crippen LogP contribution in [-0.2, 0) is 16.4 Å². The molecule has 0 fully saturated rings. The van der Waals surface area contributed by atoms with E-state index >= 15 is 0 Å². The van der Waals surface area contributed by atoms with Crippen molar-refractivity contribution in [2.75, 3.05) is 18.8 Å². The molecular formula is C8H14N2O2S2. The standard InChI is InChI=1S/C8H14N2O2S2/c9-4-5-10-14(11,12)7-3-8-2-1-6-13-8/h1-2,6,10H,3-5,7,9H2. The maximum absolute atomic E-state index is 11.3. The molecule has 0 radical (unpaired) electrons. The van der Waals surface area contributed by atoms with E-state index in [1.54, 1.807) is 11.3 Å². The van der Waals surface area contributed by atoms with Crippen LogP contribution in [0.4, 0.5) is 0 Å². The number of hydrogen-bond acceptors (Lipinski definition) is 4. The number of sulfonamides is 1. The second-order valence-electron chi connectivity index (χ2n) is 2.83. The second-order valence-corrected chi connectivity index (χ2v) is 5.79. The van der Waals surface area contributed by atoms with E-state index in [-0.39, 0.29) is 5.75 Å². The van der Waals surface area contributed by atoms with Crippen LogP contribution in [0.1, 0.15) is 4.88 Å². The third-order valence-electron chi connectivity index (χ3n) is 1.66. The number of rotatable bonds is 6. The fourth-order valence-corrected chi connectivity index (χ4v) is 2.88. The van der Waals surface area contributed by atoms with E-state index in [1.807, 2.05) is 17.5 Å². The fraction of sp³-hybridized carbons (Fsp3) is 0.500. The zero-order valence-electron chi connectivity index (χ0n) is 7.77. The minimum atomic E-state index is -3.14. The molecule has 0 spiro atoms. The van der Waals surface area contributed by atoms with Gasteiger partial charge in [0.1, 0.15) is 0 Å². The Hall–Kier alpha value is -0.430. The summed E-state index contributed by atoms with van der Waals surface area (Å²) in [5.74, 6) is 0.132. The largest absolute Gasteiger partial charge is 0.329 e. The Bertz CT molecular complexity index is 345. The SMILES string of the molecule is NCCNS(=O)(=O)CCc1cccs1. The van der Waals surface area contributed by atoms with Gasteiger partial charge in [-0.25, -0.2) is 13.1 Å². The number of nitrogens with two attached hydrogens (primary N) is 1. The Morgan fingerprint density at radius 1 is 1.50 bits per heavy atom. The summed E-state index contributed by atoms with van der Waals surface area (Å²) in [6.07, 6.45) is 0.567. The Morgan fingerprint density at radius 3 is 2.86 bits per heavy atom. The molecule has 0 aromatic carbocycles. The van der Waals surface area contributed by atoms with Gasteiger partial charge in [0, 0.05) is 18.0 Å². The third kappa shape index (κ3) is 4.19. The molecule has 4 nitrogen and oxygen atoms in total. The fourth-order valence-electron chi connectivity index (χ4n) is 0.976. The maximum Gasteiger partial charge on any atom is 0.211 e. The molecule has 1 aromatic rings. The van der Waals surface area contributed by atoms with Gasteiger partial charge >= 0.3 is 0 Å². The predicted molar refractivity (Wildman–Crippen MR) is 58.9 cm³/mol. The molecule has 80 valence electrons. The molecule has 6 heteroatoms. The lowest BCUT2D eigenvalue weighted by Crippen LogP contribution is -2.31. The van der Waals surface area contributed by atoms with E-state index in [0.717, 1.165) is 4.88 Å². The summed E-state index contributed by atoms with van der Waals surface area (Å²) < 4.78 is 25.1. The Balaban J connectivity index is 2.37. The van der Waals surface area contributed by atoms with Gasteiger partial charge in [0.2, 0.25) is 10.0 Å². The molecule has 0 aliphatic rings. The Morgan fingerprint density at radius 2 is 2.29 bits per heavy atom. The van der Waals surface area contributed by atoms with Crippen molar-refractivity contribution >= 4 is 21.4 Å². The highest BCUT2D eigenvalue weighted by molar-refractivity contribution is 7.89. The monoisotopic (exact) mass is 234 g/mol. The van der Waals surface area contributed by atoms with Gasteiger partial charge in [0.25, 0.3) is 0 Å². The van der Waals surface area contributed by atoms with Crippen molar-refractivity contribution in [2.24, 2.45) is 5.73 Å². The third-order valence-corrected chi connectivity index (χ3v) is 3.99. The van der Waals surface area contributed by atoms with E-state index in [9.17, 15) is 8.42 Å². The van der Waals surface area contributed by atoms with Gasteiger partial charge in [-0.2, -0.15) is 0 Å². The predicted octanol–water partition coefficient (Wildman–Crippen LogP) is 0.169. The van der Waals surface area contributed by atoms with E-state index < -0.39 is 10.0 Å². The van der Waals surface area contributed by atoms with Crippen LogP contribution < -0.4 is 10.5 Å². The summed E-state index contributed by atoms with van der Waals surface area (Å²) in [6.45, 7) is 0.644. The topological polar surface area (TPSA) is 72.2 Å². The highest BCUT2D eigenvalue weighted by Gasteiger charge is 2.09. The highest BCUT2D eigenvalue weighted by atomic mass is 32.2. The molecule has 0 saturated carbocycles. The van der Waals surface area contributed by atoms with Crippen molar-refractivity contribution in [1.29, 1.82) is 0 Å². The first-order valence-electron chi connectivity index (χ1n) is 4.34. The summed E-state index contributed by atoms with van der Waals surface area (Å²) >= 11 is 1.57. The van der Waals surface area contributed by atoms with Crippen molar-refractivity contribution in [3.8, 4) is 0 Å². The molecule has 0 aliphatic heterocycles.